The summed E-state index contributed by atoms with van der Waals surface area (Å²) in [6.45, 7) is 1.40. The molecule has 0 radical (unpaired) electrons. The van der Waals surface area contributed by atoms with Gasteiger partial charge >= 0.3 is 0 Å². The Kier molecular flexibility index (Phi) is 2.13. The largest absolute Gasteiger partial charge is 0.300 e. The van der Waals surface area contributed by atoms with Gasteiger partial charge in [-0.15, -0.1) is 0 Å². The standard InChI is InChI=1S/C9H14FNO/c10-7-3-4-11(6-7)8-1-2-9(12)5-8/h7-8H,1-6H2. The minimum Gasteiger partial charge on any atom is -0.300 e. The number of nitrogens with zero attached hydrogens (tertiary/aromatic N) is 1. The maximum absolute atomic E-state index is 12.8. The topological polar surface area (TPSA) is 20.3 Å². The van der Waals surface area contributed by atoms with Crippen molar-refractivity contribution in [3.8, 4) is 0 Å². The van der Waals surface area contributed by atoms with Crippen LogP contribution in [0, 0.1) is 0 Å². The van der Waals surface area contributed by atoms with Crippen molar-refractivity contribution in [1.29, 1.82) is 0 Å². The van der Waals surface area contributed by atoms with Gasteiger partial charge in [-0.3, -0.25) is 9.69 Å². The molecular weight excluding hydrogens is 157 g/mol. The van der Waals surface area contributed by atoms with Gasteiger partial charge in [0.05, 0.1) is 0 Å². The SMILES string of the molecule is O=C1CCC(N2CCC(F)C2)C1. The molecule has 0 amide bonds. The maximum Gasteiger partial charge on any atom is 0.134 e. The van der Waals surface area contributed by atoms with Crippen molar-refractivity contribution in [3.05, 3.63) is 0 Å². The first-order chi connectivity index (χ1) is 5.75. The Hall–Kier alpha value is -0.440. The predicted octanol–water partition coefficient (Wildman–Crippen LogP) is 1.15. The second-order valence-corrected chi connectivity index (χ2v) is 3.82. The van der Waals surface area contributed by atoms with Gasteiger partial charge in [0.2, 0.25) is 0 Å². The van der Waals surface area contributed by atoms with E-state index < -0.39 is 6.17 Å². The highest BCUT2D eigenvalue weighted by atomic mass is 19.1. The molecule has 0 spiro atoms. The van der Waals surface area contributed by atoms with Gasteiger partial charge in [-0.2, -0.15) is 0 Å². The van der Waals surface area contributed by atoms with E-state index >= 15 is 0 Å². The molecule has 1 saturated carbocycles. The van der Waals surface area contributed by atoms with Crippen molar-refractivity contribution in [1.82, 2.24) is 4.90 Å². The van der Waals surface area contributed by atoms with Gasteiger partial charge in [0.15, 0.2) is 0 Å². The van der Waals surface area contributed by atoms with E-state index in [4.69, 9.17) is 0 Å². The smallest absolute Gasteiger partial charge is 0.134 e. The molecule has 1 aliphatic carbocycles. The minimum atomic E-state index is -0.652. The molecule has 68 valence electrons. The zero-order valence-corrected chi connectivity index (χ0v) is 7.13. The molecule has 2 fully saturated rings. The number of rotatable bonds is 1. The maximum atomic E-state index is 12.8. The predicted molar refractivity (Wildman–Crippen MR) is 43.7 cm³/mol. The lowest BCUT2D eigenvalue weighted by Crippen LogP contribution is -2.31. The number of Topliss-reactive ketones (excluding diaryl/α,β-unsaturated/α-hetero) is 1. The van der Waals surface area contributed by atoms with Crippen molar-refractivity contribution < 1.29 is 9.18 Å². The summed E-state index contributed by atoms with van der Waals surface area (Å²) in [6.07, 6.45) is 2.32. The second kappa shape index (κ2) is 3.13. The van der Waals surface area contributed by atoms with Gasteiger partial charge in [0, 0.05) is 32.0 Å². The quantitative estimate of drug-likeness (QED) is 0.590. The van der Waals surface area contributed by atoms with Crippen LogP contribution in [0.5, 0.6) is 0 Å². The number of alkyl halides is 1. The highest BCUT2D eigenvalue weighted by Crippen LogP contribution is 2.25. The van der Waals surface area contributed by atoms with Crippen molar-refractivity contribution in [2.24, 2.45) is 0 Å². The summed E-state index contributed by atoms with van der Waals surface area (Å²) in [5.74, 6) is 0.349. The number of hydrogen-bond donors (Lipinski definition) is 0. The summed E-state index contributed by atoms with van der Waals surface area (Å²) in [4.78, 5) is 13.1. The Morgan fingerprint density at radius 1 is 1.42 bits per heavy atom. The Morgan fingerprint density at radius 3 is 2.75 bits per heavy atom. The molecule has 12 heavy (non-hydrogen) atoms. The highest BCUT2D eigenvalue weighted by Gasteiger charge is 2.32. The lowest BCUT2D eigenvalue weighted by atomic mass is 10.2. The number of carbonyl (C=O) groups excluding carboxylic acids is 1. The van der Waals surface area contributed by atoms with E-state index in [-0.39, 0.29) is 0 Å². The molecule has 0 aromatic rings. The van der Waals surface area contributed by atoms with E-state index in [1.807, 2.05) is 0 Å². The van der Waals surface area contributed by atoms with Crippen LogP contribution in [-0.4, -0.2) is 36.0 Å². The number of ketones is 1. The average molecular weight is 171 g/mol. The second-order valence-electron chi connectivity index (χ2n) is 3.82. The first-order valence-electron chi connectivity index (χ1n) is 4.65. The lowest BCUT2D eigenvalue weighted by Gasteiger charge is -2.21. The van der Waals surface area contributed by atoms with E-state index in [0.717, 1.165) is 13.0 Å². The van der Waals surface area contributed by atoms with Gasteiger partial charge in [-0.1, -0.05) is 0 Å². The van der Waals surface area contributed by atoms with Crippen LogP contribution in [0.4, 0.5) is 4.39 Å². The third-order valence-electron chi connectivity index (χ3n) is 2.90. The summed E-state index contributed by atoms with van der Waals surface area (Å²) < 4.78 is 12.8. The van der Waals surface area contributed by atoms with Crippen molar-refractivity contribution in [2.75, 3.05) is 13.1 Å². The minimum absolute atomic E-state index is 0.349. The van der Waals surface area contributed by atoms with Crippen molar-refractivity contribution in [3.63, 3.8) is 0 Å². The highest BCUT2D eigenvalue weighted by molar-refractivity contribution is 5.81. The van der Waals surface area contributed by atoms with Gasteiger partial charge < -0.3 is 0 Å². The molecule has 2 nitrogen and oxygen atoms in total. The Morgan fingerprint density at radius 2 is 2.25 bits per heavy atom. The molecule has 2 aliphatic rings. The third kappa shape index (κ3) is 1.51. The van der Waals surface area contributed by atoms with Crippen LogP contribution in [0.1, 0.15) is 25.7 Å². The fourth-order valence-corrected chi connectivity index (χ4v) is 2.18. The summed E-state index contributed by atoms with van der Waals surface area (Å²) in [5.41, 5.74) is 0. The van der Waals surface area contributed by atoms with Crippen LogP contribution in [0.3, 0.4) is 0 Å². The first-order valence-corrected chi connectivity index (χ1v) is 4.65. The van der Waals surface area contributed by atoms with Gasteiger partial charge in [-0.25, -0.2) is 4.39 Å². The third-order valence-corrected chi connectivity index (χ3v) is 2.90. The van der Waals surface area contributed by atoms with Crippen LogP contribution in [0.25, 0.3) is 0 Å². The molecule has 0 N–H and O–H groups in total. The lowest BCUT2D eigenvalue weighted by molar-refractivity contribution is -0.117. The molecule has 0 aromatic carbocycles. The first kappa shape index (κ1) is 8.17. The zero-order valence-electron chi connectivity index (χ0n) is 7.13. The molecule has 2 atom stereocenters. The fourth-order valence-electron chi connectivity index (χ4n) is 2.18. The van der Waals surface area contributed by atoms with Crippen LogP contribution in [0.15, 0.2) is 0 Å². The van der Waals surface area contributed by atoms with Crippen LogP contribution < -0.4 is 0 Å². The Balaban J connectivity index is 1.89. The van der Waals surface area contributed by atoms with Crippen LogP contribution in [-0.2, 0) is 4.79 Å². The Labute approximate surface area is 71.7 Å². The van der Waals surface area contributed by atoms with E-state index in [0.29, 0.717) is 37.6 Å². The van der Waals surface area contributed by atoms with Gasteiger partial charge in [0.25, 0.3) is 0 Å². The molecule has 1 heterocycles. The molecule has 0 bridgehead atoms. The number of hydrogen-bond acceptors (Lipinski definition) is 2. The molecule has 2 rings (SSSR count). The zero-order chi connectivity index (χ0) is 8.55. The van der Waals surface area contributed by atoms with E-state index in [9.17, 15) is 9.18 Å². The monoisotopic (exact) mass is 171 g/mol. The molecular formula is C9H14FNO. The molecule has 2 unspecified atom stereocenters. The number of likely N-dealkylation sites (tertiary alicyclic amines) is 1. The van der Waals surface area contributed by atoms with E-state index in [1.165, 1.54) is 0 Å². The summed E-state index contributed by atoms with van der Waals surface area (Å²) in [6, 6.07) is 0.359. The Bertz CT molecular complexity index is 195. The normalized spacial score (nSPS) is 37.9. The average Bonchev–Trinajstić information content (AvgIpc) is 2.58. The summed E-state index contributed by atoms with van der Waals surface area (Å²) in [5, 5.41) is 0. The van der Waals surface area contributed by atoms with Gasteiger partial charge in [-0.05, 0) is 12.8 Å². The number of carbonyl (C=O) groups is 1. The van der Waals surface area contributed by atoms with Crippen molar-refractivity contribution in [2.45, 2.75) is 37.9 Å². The molecule has 1 aliphatic heterocycles. The van der Waals surface area contributed by atoms with Gasteiger partial charge in [0.1, 0.15) is 12.0 Å². The fraction of sp³-hybridized carbons (Fsp3) is 0.889. The molecule has 0 aromatic heterocycles. The molecule has 3 heteroatoms. The van der Waals surface area contributed by atoms with Crippen molar-refractivity contribution >= 4 is 5.78 Å². The van der Waals surface area contributed by atoms with E-state index in [2.05, 4.69) is 4.90 Å². The summed E-state index contributed by atoms with van der Waals surface area (Å²) >= 11 is 0. The molecule has 1 saturated heterocycles. The number of halogens is 1. The van der Waals surface area contributed by atoms with Crippen LogP contribution >= 0.6 is 0 Å². The van der Waals surface area contributed by atoms with E-state index in [1.54, 1.807) is 0 Å². The van der Waals surface area contributed by atoms with Crippen LogP contribution in [0.2, 0.25) is 0 Å². The summed E-state index contributed by atoms with van der Waals surface area (Å²) in [7, 11) is 0.